The topological polar surface area (TPSA) is 114 Å². The smallest absolute Gasteiger partial charge is 0.404 e. The molecular weight excluding hydrogens is 336 g/mol. The number of amides is 1. The summed E-state index contributed by atoms with van der Waals surface area (Å²) in [5, 5.41) is 11.5. The number of nitrogens with one attached hydrogen (secondary N) is 1. The summed E-state index contributed by atoms with van der Waals surface area (Å²) in [6, 6.07) is -0.482. The van der Waals surface area contributed by atoms with E-state index in [0.29, 0.717) is 6.61 Å². The summed E-state index contributed by atoms with van der Waals surface area (Å²) in [5.41, 5.74) is 0. The Kier molecular flexibility index (Phi) is 4.79. The van der Waals surface area contributed by atoms with Gasteiger partial charge in [0.2, 0.25) is 0 Å². The highest BCUT2D eigenvalue weighted by molar-refractivity contribution is 7.89. The molecule has 2 N–H and O–H groups in total. The Labute approximate surface area is 140 Å². The summed E-state index contributed by atoms with van der Waals surface area (Å²) in [4.78, 5) is 15.0. The van der Waals surface area contributed by atoms with E-state index in [0.717, 1.165) is 19.3 Å². The molecule has 1 unspecified atom stereocenters. The molecule has 1 amide bonds. The Bertz CT molecular complexity index is 698. The lowest BCUT2D eigenvalue weighted by molar-refractivity contribution is -0.0223. The van der Waals surface area contributed by atoms with Crippen LogP contribution >= 0.6 is 0 Å². The van der Waals surface area contributed by atoms with Crippen molar-refractivity contribution in [3.63, 3.8) is 0 Å². The molecule has 9 nitrogen and oxygen atoms in total. The molecule has 134 valence electrons. The van der Waals surface area contributed by atoms with E-state index in [1.54, 1.807) is 11.6 Å². The van der Waals surface area contributed by atoms with Crippen LogP contribution in [-0.2, 0) is 21.8 Å². The zero-order valence-electron chi connectivity index (χ0n) is 13.5. The molecule has 3 rings (SSSR count). The van der Waals surface area contributed by atoms with Crippen LogP contribution in [-0.4, -0.2) is 65.3 Å². The van der Waals surface area contributed by atoms with Gasteiger partial charge >= 0.3 is 6.09 Å². The van der Waals surface area contributed by atoms with Crippen molar-refractivity contribution in [2.75, 3.05) is 19.7 Å². The molecule has 10 heteroatoms. The molecule has 0 saturated carbocycles. The minimum Gasteiger partial charge on any atom is -0.465 e. The van der Waals surface area contributed by atoms with Crippen LogP contribution in [0.5, 0.6) is 0 Å². The van der Waals surface area contributed by atoms with Crippen molar-refractivity contribution in [2.45, 2.75) is 36.4 Å². The highest BCUT2D eigenvalue weighted by atomic mass is 32.2. The minimum atomic E-state index is -3.75. The number of imidazole rings is 1. The third-order valence-electron chi connectivity index (χ3n) is 4.62. The number of ether oxygens (including phenoxy) is 1. The van der Waals surface area contributed by atoms with Gasteiger partial charge in [0.1, 0.15) is 0 Å². The van der Waals surface area contributed by atoms with Crippen molar-refractivity contribution >= 4 is 16.1 Å². The van der Waals surface area contributed by atoms with E-state index in [-0.39, 0.29) is 30.1 Å². The van der Waals surface area contributed by atoms with Gasteiger partial charge in [-0.1, -0.05) is 0 Å². The first-order chi connectivity index (χ1) is 11.4. The van der Waals surface area contributed by atoms with Crippen molar-refractivity contribution in [2.24, 2.45) is 13.0 Å². The van der Waals surface area contributed by atoms with Gasteiger partial charge in [-0.3, -0.25) is 0 Å². The molecule has 0 spiro atoms. The van der Waals surface area contributed by atoms with Gasteiger partial charge in [0.05, 0.1) is 18.5 Å². The van der Waals surface area contributed by atoms with Crippen LogP contribution in [0.15, 0.2) is 17.6 Å². The van der Waals surface area contributed by atoms with Crippen LogP contribution in [0.1, 0.15) is 19.3 Å². The van der Waals surface area contributed by atoms with Crippen LogP contribution in [0.4, 0.5) is 4.79 Å². The van der Waals surface area contributed by atoms with Gasteiger partial charge in [-0.25, -0.2) is 18.2 Å². The maximum Gasteiger partial charge on any atom is 0.404 e. The van der Waals surface area contributed by atoms with E-state index in [9.17, 15) is 13.2 Å². The molecular formula is C14H22N4O5S. The normalized spacial score (nSPS) is 28.8. The average Bonchev–Trinajstić information content (AvgIpc) is 3.15. The zero-order chi connectivity index (χ0) is 17.3. The lowest BCUT2D eigenvalue weighted by Gasteiger charge is -2.30. The Hall–Kier alpha value is -1.65. The number of rotatable bonds is 4. The highest BCUT2D eigenvalue weighted by Crippen LogP contribution is 2.31. The number of carboxylic acid groups (broad SMARTS) is 1. The monoisotopic (exact) mass is 358 g/mol. The fraction of sp³-hybridized carbons (Fsp3) is 0.714. The third-order valence-corrected chi connectivity index (χ3v) is 6.34. The molecule has 2 aliphatic heterocycles. The second-order valence-electron chi connectivity index (χ2n) is 6.32. The lowest BCUT2D eigenvalue weighted by Crippen LogP contribution is -2.45. The molecule has 2 fully saturated rings. The molecule has 0 aromatic carbocycles. The molecule has 2 saturated heterocycles. The van der Waals surface area contributed by atoms with Crippen molar-refractivity contribution in [1.29, 1.82) is 0 Å². The summed E-state index contributed by atoms with van der Waals surface area (Å²) in [6.45, 7) is 0.957. The summed E-state index contributed by atoms with van der Waals surface area (Å²) in [6.07, 6.45) is 4.40. The first-order valence-electron chi connectivity index (χ1n) is 7.97. The minimum absolute atomic E-state index is 0.0238. The average molecular weight is 358 g/mol. The van der Waals surface area contributed by atoms with Crippen LogP contribution in [0.2, 0.25) is 0 Å². The van der Waals surface area contributed by atoms with Gasteiger partial charge in [-0.05, 0) is 19.3 Å². The van der Waals surface area contributed by atoms with Gasteiger partial charge in [0.25, 0.3) is 10.0 Å². The quantitative estimate of drug-likeness (QED) is 0.797. The highest BCUT2D eigenvalue weighted by Gasteiger charge is 2.44. The molecule has 24 heavy (non-hydrogen) atoms. The van der Waals surface area contributed by atoms with Crippen LogP contribution < -0.4 is 5.32 Å². The summed E-state index contributed by atoms with van der Waals surface area (Å²) >= 11 is 0. The molecule has 1 aromatic heterocycles. The van der Waals surface area contributed by atoms with E-state index in [1.165, 1.54) is 16.8 Å². The van der Waals surface area contributed by atoms with Gasteiger partial charge in [-0.2, -0.15) is 4.31 Å². The largest absolute Gasteiger partial charge is 0.465 e. The molecule has 3 atom stereocenters. The Morgan fingerprint density at radius 3 is 2.79 bits per heavy atom. The third kappa shape index (κ3) is 3.40. The zero-order valence-corrected chi connectivity index (χ0v) is 14.3. The van der Waals surface area contributed by atoms with E-state index < -0.39 is 22.2 Å². The van der Waals surface area contributed by atoms with Gasteiger partial charge < -0.3 is 19.7 Å². The number of sulfonamides is 1. The molecule has 3 heterocycles. The van der Waals surface area contributed by atoms with Crippen LogP contribution in [0.3, 0.4) is 0 Å². The predicted octanol–water partition coefficient (Wildman–Crippen LogP) is 0.246. The fourth-order valence-corrected chi connectivity index (χ4v) is 4.90. The summed E-state index contributed by atoms with van der Waals surface area (Å²) in [5.74, 6) is -0.195. The Morgan fingerprint density at radius 1 is 1.42 bits per heavy atom. The number of aryl methyl sites for hydroxylation is 1. The van der Waals surface area contributed by atoms with Crippen molar-refractivity contribution < 1.29 is 23.1 Å². The second-order valence-corrected chi connectivity index (χ2v) is 8.21. The predicted molar refractivity (Wildman–Crippen MR) is 84.0 cm³/mol. The molecule has 0 aliphatic carbocycles. The Morgan fingerprint density at radius 2 is 2.21 bits per heavy atom. The standard InChI is InChI=1S/C14H22N4O5S/c1-17-8-13(15-9-17)24(21,22)18-6-10(11(7-18)16-14(19)20)12-4-2-3-5-23-12/h8-12,16H,2-7H2,1H3,(H,19,20)/t10-,11-,12?/m1/s1. The molecule has 2 aliphatic rings. The first-order valence-corrected chi connectivity index (χ1v) is 9.41. The number of hydrogen-bond acceptors (Lipinski definition) is 5. The Balaban J connectivity index is 1.81. The number of nitrogens with zero attached hydrogens (tertiary/aromatic N) is 3. The molecule has 1 aromatic rings. The van der Waals surface area contributed by atoms with E-state index in [1.807, 2.05) is 0 Å². The maximum atomic E-state index is 12.7. The van der Waals surface area contributed by atoms with Gasteiger partial charge in [-0.15, -0.1) is 0 Å². The SMILES string of the molecule is Cn1cnc(S(=O)(=O)N2C[C@@H](NC(=O)O)[C@H](C3CCCCO3)C2)c1. The lowest BCUT2D eigenvalue weighted by atomic mass is 9.92. The van der Waals surface area contributed by atoms with E-state index in [2.05, 4.69) is 10.3 Å². The number of hydrogen-bond donors (Lipinski definition) is 2. The number of carbonyl (C=O) groups is 1. The van der Waals surface area contributed by atoms with Gasteiger partial charge in [0.15, 0.2) is 5.03 Å². The molecule has 0 bridgehead atoms. The fourth-order valence-electron chi connectivity index (χ4n) is 3.43. The summed E-state index contributed by atoms with van der Waals surface area (Å²) in [7, 11) is -2.05. The van der Waals surface area contributed by atoms with Crippen molar-refractivity contribution in [3.8, 4) is 0 Å². The van der Waals surface area contributed by atoms with Crippen LogP contribution in [0, 0.1) is 5.92 Å². The second kappa shape index (κ2) is 6.69. The number of aromatic nitrogens is 2. The van der Waals surface area contributed by atoms with Gasteiger partial charge in [0, 0.05) is 38.9 Å². The van der Waals surface area contributed by atoms with Crippen LogP contribution in [0.25, 0.3) is 0 Å². The van der Waals surface area contributed by atoms with Crippen molar-refractivity contribution in [3.05, 3.63) is 12.5 Å². The van der Waals surface area contributed by atoms with E-state index >= 15 is 0 Å². The molecule has 0 radical (unpaired) electrons. The van der Waals surface area contributed by atoms with Crippen molar-refractivity contribution in [1.82, 2.24) is 19.2 Å². The van der Waals surface area contributed by atoms with E-state index in [4.69, 9.17) is 9.84 Å². The maximum absolute atomic E-state index is 12.7. The first kappa shape index (κ1) is 17.2. The summed E-state index contributed by atoms with van der Waals surface area (Å²) < 4.78 is 34.1.